The molecule has 6 heteroatoms. The van der Waals surface area contributed by atoms with E-state index in [1.54, 1.807) is 0 Å². The third kappa shape index (κ3) is 3.76. The molecule has 0 heterocycles. The molecule has 0 saturated carbocycles. The molecule has 21 heavy (non-hydrogen) atoms. The normalized spacial score (nSPS) is 10.8. The van der Waals surface area contributed by atoms with Gasteiger partial charge in [-0.1, -0.05) is 29.3 Å². The molecule has 0 bridgehead atoms. The van der Waals surface area contributed by atoms with Gasteiger partial charge in [0.25, 0.3) is 0 Å². The number of anilines is 3. The van der Waals surface area contributed by atoms with Crippen molar-refractivity contribution in [2.45, 2.75) is 20.0 Å². The van der Waals surface area contributed by atoms with Gasteiger partial charge in [-0.25, -0.2) is 0 Å². The van der Waals surface area contributed by atoms with Crippen molar-refractivity contribution in [1.82, 2.24) is 0 Å². The number of para-hydroxylation sites is 1. The topological polar surface area (TPSA) is 47.3 Å². The number of hydrogen-bond acceptors (Lipinski definition) is 3. The number of nitrogen functional groups attached to an aromatic ring is 1. The van der Waals surface area contributed by atoms with Gasteiger partial charge < -0.3 is 15.8 Å². The number of halogens is 3. The molecule has 0 unspecified atom stereocenters. The van der Waals surface area contributed by atoms with Gasteiger partial charge in [0.1, 0.15) is 5.75 Å². The Morgan fingerprint density at radius 3 is 2.48 bits per heavy atom. The van der Waals surface area contributed by atoms with Gasteiger partial charge in [-0.15, -0.1) is 0 Å². The van der Waals surface area contributed by atoms with E-state index < -0.39 is 0 Å². The Labute approximate surface area is 142 Å². The van der Waals surface area contributed by atoms with Crippen molar-refractivity contribution in [3.63, 3.8) is 0 Å². The molecule has 0 radical (unpaired) electrons. The Hall–Kier alpha value is -1.10. The maximum absolute atomic E-state index is 6.23. The van der Waals surface area contributed by atoms with Crippen molar-refractivity contribution in [2.75, 3.05) is 11.1 Å². The first-order valence-corrected chi connectivity index (χ1v) is 7.90. The highest BCUT2D eigenvalue weighted by atomic mass is 79.9. The summed E-state index contributed by atoms with van der Waals surface area (Å²) in [7, 11) is 0. The van der Waals surface area contributed by atoms with Crippen molar-refractivity contribution < 1.29 is 4.74 Å². The summed E-state index contributed by atoms with van der Waals surface area (Å²) in [6.07, 6.45) is 0.0493. The van der Waals surface area contributed by atoms with E-state index in [-0.39, 0.29) is 6.10 Å². The summed E-state index contributed by atoms with van der Waals surface area (Å²) in [6, 6.07) is 9.20. The Balaban J connectivity index is 2.34. The van der Waals surface area contributed by atoms with Gasteiger partial charge >= 0.3 is 0 Å². The fraction of sp³-hybridized carbons (Fsp3) is 0.200. The average Bonchev–Trinajstić information content (AvgIpc) is 2.43. The highest BCUT2D eigenvalue weighted by Crippen LogP contribution is 2.39. The predicted octanol–water partition coefficient (Wildman–Crippen LogP) is 5.87. The first-order valence-electron chi connectivity index (χ1n) is 6.35. The number of rotatable bonds is 4. The highest BCUT2D eigenvalue weighted by molar-refractivity contribution is 9.10. The number of nitrogens with two attached hydrogens (primary N) is 1. The molecule has 0 aliphatic carbocycles. The van der Waals surface area contributed by atoms with Crippen LogP contribution in [0.25, 0.3) is 0 Å². The van der Waals surface area contributed by atoms with Crippen LogP contribution in [0.1, 0.15) is 13.8 Å². The van der Waals surface area contributed by atoms with Gasteiger partial charge in [0.2, 0.25) is 0 Å². The molecule has 0 aromatic heterocycles. The zero-order valence-electron chi connectivity index (χ0n) is 11.6. The van der Waals surface area contributed by atoms with Gasteiger partial charge in [0.05, 0.1) is 33.2 Å². The van der Waals surface area contributed by atoms with Crippen LogP contribution < -0.4 is 15.8 Å². The van der Waals surface area contributed by atoms with Gasteiger partial charge in [-0.2, -0.15) is 0 Å². The SMILES string of the molecule is CC(C)Oc1cccc(Nc2ccc(Br)c(Cl)c2Cl)c1N. The van der Waals surface area contributed by atoms with Crippen LogP contribution in [0.5, 0.6) is 5.75 Å². The molecule has 3 N–H and O–H groups in total. The number of nitrogens with one attached hydrogen (secondary N) is 1. The Kier molecular flexibility index (Phi) is 5.25. The molecule has 2 rings (SSSR count). The molecule has 2 aromatic carbocycles. The van der Waals surface area contributed by atoms with Crippen molar-refractivity contribution in [3.8, 4) is 5.75 Å². The monoisotopic (exact) mass is 388 g/mol. The lowest BCUT2D eigenvalue weighted by Crippen LogP contribution is -2.08. The fourth-order valence-electron chi connectivity index (χ4n) is 1.78. The van der Waals surface area contributed by atoms with Crippen LogP contribution in [-0.2, 0) is 0 Å². The third-order valence-electron chi connectivity index (χ3n) is 2.73. The van der Waals surface area contributed by atoms with Gasteiger partial charge in [0.15, 0.2) is 0 Å². The molecule has 3 nitrogen and oxygen atoms in total. The Morgan fingerprint density at radius 1 is 1.10 bits per heavy atom. The minimum absolute atomic E-state index is 0.0493. The summed E-state index contributed by atoms with van der Waals surface area (Å²) in [5.74, 6) is 0.634. The van der Waals surface area contributed by atoms with Crippen molar-refractivity contribution in [2.24, 2.45) is 0 Å². The summed E-state index contributed by atoms with van der Waals surface area (Å²) < 4.78 is 6.41. The van der Waals surface area contributed by atoms with E-state index in [2.05, 4.69) is 21.2 Å². The number of benzene rings is 2. The van der Waals surface area contributed by atoms with Crippen LogP contribution in [0.2, 0.25) is 10.0 Å². The second-order valence-electron chi connectivity index (χ2n) is 4.73. The largest absolute Gasteiger partial charge is 0.489 e. The van der Waals surface area contributed by atoms with E-state index >= 15 is 0 Å². The molecule has 0 spiro atoms. The summed E-state index contributed by atoms with van der Waals surface area (Å²) in [5.41, 5.74) is 8.05. The van der Waals surface area contributed by atoms with Crippen LogP contribution in [0, 0.1) is 0 Å². The molecule has 0 saturated heterocycles. The Bertz CT molecular complexity index is 662. The molecule has 0 aliphatic heterocycles. The Morgan fingerprint density at radius 2 is 1.81 bits per heavy atom. The first kappa shape index (κ1) is 16.3. The van der Waals surface area contributed by atoms with E-state index in [9.17, 15) is 0 Å². The van der Waals surface area contributed by atoms with Crippen LogP contribution in [0.15, 0.2) is 34.8 Å². The molecule has 0 aliphatic rings. The fourth-order valence-corrected chi connectivity index (χ4v) is 2.60. The van der Waals surface area contributed by atoms with Crippen LogP contribution in [0.3, 0.4) is 0 Å². The molecular weight excluding hydrogens is 375 g/mol. The quantitative estimate of drug-likeness (QED) is 0.507. The molecule has 2 aromatic rings. The first-order chi connectivity index (χ1) is 9.90. The lowest BCUT2D eigenvalue weighted by Gasteiger charge is -2.16. The number of ether oxygens (including phenoxy) is 1. The zero-order chi connectivity index (χ0) is 15.6. The maximum Gasteiger partial charge on any atom is 0.144 e. The van der Waals surface area contributed by atoms with Crippen molar-refractivity contribution in [3.05, 3.63) is 44.8 Å². The second kappa shape index (κ2) is 6.77. The van der Waals surface area contributed by atoms with Crippen molar-refractivity contribution >= 4 is 56.2 Å². The molecule has 0 atom stereocenters. The highest BCUT2D eigenvalue weighted by Gasteiger charge is 2.12. The van der Waals surface area contributed by atoms with E-state index in [1.807, 2.05) is 44.2 Å². The van der Waals surface area contributed by atoms with Crippen molar-refractivity contribution in [1.29, 1.82) is 0 Å². The minimum Gasteiger partial charge on any atom is -0.489 e. The van der Waals surface area contributed by atoms with Gasteiger partial charge in [-0.05, 0) is 54.0 Å². The van der Waals surface area contributed by atoms with E-state index in [1.165, 1.54) is 0 Å². The molecule has 0 amide bonds. The molecule has 0 fully saturated rings. The average molecular weight is 390 g/mol. The van der Waals surface area contributed by atoms with E-state index in [0.717, 1.165) is 4.47 Å². The molecule has 112 valence electrons. The predicted molar refractivity (Wildman–Crippen MR) is 94.1 cm³/mol. The molecular formula is C15H15BrCl2N2O. The number of hydrogen-bond donors (Lipinski definition) is 2. The van der Waals surface area contributed by atoms with Gasteiger partial charge in [0, 0.05) is 4.47 Å². The van der Waals surface area contributed by atoms with Crippen LogP contribution in [0.4, 0.5) is 17.1 Å². The maximum atomic E-state index is 6.23. The second-order valence-corrected chi connectivity index (χ2v) is 6.34. The lowest BCUT2D eigenvalue weighted by atomic mass is 10.2. The van der Waals surface area contributed by atoms with E-state index in [4.69, 9.17) is 33.7 Å². The third-order valence-corrected chi connectivity index (χ3v) is 4.50. The van der Waals surface area contributed by atoms with E-state index in [0.29, 0.717) is 32.9 Å². The summed E-state index contributed by atoms with van der Waals surface area (Å²) in [5, 5.41) is 4.06. The summed E-state index contributed by atoms with van der Waals surface area (Å²) >= 11 is 15.7. The zero-order valence-corrected chi connectivity index (χ0v) is 14.7. The van der Waals surface area contributed by atoms with Crippen LogP contribution >= 0.6 is 39.1 Å². The minimum atomic E-state index is 0.0493. The standard InChI is InChI=1S/C15H15BrCl2N2O/c1-8(2)21-12-5-3-4-11(15(12)19)20-10-7-6-9(16)13(17)14(10)18/h3-8,20H,19H2,1-2H3. The van der Waals surface area contributed by atoms with Gasteiger partial charge in [-0.3, -0.25) is 0 Å². The lowest BCUT2D eigenvalue weighted by molar-refractivity contribution is 0.244. The van der Waals surface area contributed by atoms with Crippen LogP contribution in [-0.4, -0.2) is 6.10 Å². The summed E-state index contributed by atoms with van der Waals surface area (Å²) in [6.45, 7) is 3.90. The summed E-state index contributed by atoms with van der Waals surface area (Å²) in [4.78, 5) is 0. The smallest absolute Gasteiger partial charge is 0.144 e.